The summed E-state index contributed by atoms with van der Waals surface area (Å²) in [5, 5.41) is 0. The predicted molar refractivity (Wildman–Crippen MR) is 87.5 cm³/mol. The van der Waals surface area contributed by atoms with Gasteiger partial charge in [0, 0.05) is 5.56 Å². The lowest BCUT2D eigenvalue weighted by Crippen LogP contribution is -2.29. The molecule has 108 valence electrons. The van der Waals surface area contributed by atoms with Gasteiger partial charge < -0.3 is 4.90 Å². The Bertz CT molecular complexity index is 356. The Kier molecular flexibility index (Phi) is 9.80. The fraction of sp³-hybridized carbons (Fsp3) is 0.562. The summed E-state index contributed by atoms with van der Waals surface area (Å²) in [6, 6.07) is 7.57. The Morgan fingerprint density at radius 3 is 2.00 bits per heavy atom. The normalized spacial score (nSPS) is 14.9. The molecule has 1 aliphatic rings. The standard InChI is InChI=1S/C9H10O.C7H15N.BrH/c1-7-3-5-9(6-4-7)8(2)10;1-2-8-6-4-3-5-7-8;/h3-6H,1-2H3;2-7H2,1H3;1H. The minimum absolute atomic E-state index is 0. The highest BCUT2D eigenvalue weighted by Crippen LogP contribution is 2.06. The predicted octanol–water partition coefficient (Wildman–Crippen LogP) is 4.27. The Hall–Kier alpha value is -0.670. The van der Waals surface area contributed by atoms with E-state index in [0.717, 1.165) is 5.56 Å². The van der Waals surface area contributed by atoms with E-state index in [2.05, 4.69) is 11.8 Å². The molecule has 1 aliphatic heterocycles. The summed E-state index contributed by atoms with van der Waals surface area (Å²) in [6.45, 7) is 9.76. The van der Waals surface area contributed by atoms with Crippen LogP contribution in [0.15, 0.2) is 24.3 Å². The van der Waals surface area contributed by atoms with E-state index in [1.54, 1.807) is 6.92 Å². The van der Waals surface area contributed by atoms with Crippen molar-refractivity contribution in [3.63, 3.8) is 0 Å². The highest BCUT2D eigenvalue weighted by atomic mass is 79.9. The van der Waals surface area contributed by atoms with Gasteiger partial charge in [0.2, 0.25) is 0 Å². The number of hydrogen-bond donors (Lipinski definition) is 0. The number of benzene rings is 1. The van der Waals surface area contributed by atoms with Crippen molar-refractivity contribution < 1.29 is 4.79 Å². The lowest BCUT2D eigenvalue weighted by molar-refractivity contribution is 0.101. The molecule has 1 fully saturated rings. The summed E-state index contributed by atoms with van der Waals surface area (Å²) >= 11 is 0. The lowest BCUT2D eigenvalue weighted by Gasteiger charge is -2.24. The first kappa shape index (κ1) is 18.3. The number of likely N-dealkylation sites (tertiary alicyclic amines) is 1. The Morgan fingerprint density at radius 1 is 1.11 bits per heavy atom. The van der Waals surface area contributed by atoms with Crippen molar-refractivity contribution in [1.29, 1.82) is 0 Å². The second-order valence-corrected chi connectivity index (χ2v) is 4.92. The molecule has 0 spiro atoms. The van der Waals surface area contributed by atoms with Crippen LogP contribution >= 0.6 is 17.0 Å². The van der Waals surface area contributed by atoms with Crippen molar-refractivity contribution in [3.05, 3.63) is 35.4 Å². The number of carbonyl (C=O) groups excluding carboxylic acids is 1. The van der Waals surface area contributed by atoms with Crippen molar-refractivity contribution in [2.75, 3.05) is 19.6 Å². The van der Waals surface area contributed by atoms with Gasteiger partial charge in [-0.25, -0.2) is 0 Å². The van der Waals surface area contributed by atoms with Crippen LogP contribution in [-0.4, -0.2) is 30.3 Å². The highest BCUT2D eigenvalue weighted by molar-refractivity contribution is 8.93. The smallest absolute Gasteiger partial charge is 0.159 e. The molecule has 0 radical (unpaired) electrons. The van der Waals surface area contributed by atoms with Crippen LogP contribution in [0.1, 0.15) is 49.0 Å². The first-order valence-electron chi connectivity index (χ1n) is 6.93. The third-order valence-corrected chi connectivity index (χ3v) is 3.35. The number of aryl methyl sites for hydroxylation is 1. The van der Waals surface area contributed by atoms with Crippen LogP contribution in [0.25, 0.3) is 0 Å². The molecular formula is C16H26BrNO. The number of piperidine rings is 1. The molecule has 0 bridgehead atoms. The van der Waals surface area contributed by atoms with Gasteiger partial charge in [0.05, 0.1) is 0 Å². The molecule has 0 N–H and O–H groups in total. The minimum Gasteiger partial charge on any atom is -0.304 e. The number of nitrogens with zero attached hydrogens (tertiary/aromatic N) is 1. The van der Waals surface area contributed by atoms with E-state index >= 15 is 0 Å². The third-order valence-electron chi connectivity index (χ3n) is 3.35. The van der Waals surface area contributed by atoms with Gasteiger partial charge >= 0.3 is 0 Å². The van der Waals surface area contributed by atoms with Crippen LogP contribution in [0, 0.1) is 6.92 Å². The van der Waals surface area contributed by atoms with E-state index in [1.807, 2.05) is 31.2 Å². The van der Waals surface area contributed by atoms with Crippen molar-refractivity contribution in [1.82, 2.24) is 4.90 Å². The van der Waals surface area contributed by atoms with E-state index in [-0.39, 0.29) is 22.8 Å². The monoisotopic (exact) mass is 327 g/mol. The molecule has 0 amide bonds. The third kappa shape index (κ3) is 7.48. The number of Topliss-reactive ketones (excluding diaryl/α,β-unsaturated/α-hetero) is 1. The fourth-order valence-corrected chi connectivity index (χ4v) is 2.06. The van der Waals surface area contributed by atoms with Crippen LogP contribution in [0.5, 0.6) is 0 Å². The maximum absolute atomic E-state index is 10.8. The summed E-state index contributed by atoms with van der Waals surface area (Å²) in [7, 11) is 0. The van der Waals surface area contributed by atoms with Gasteiger partial charge in [0.25, 0.3) is 0 Å². The van der Waals surface area contributed by atoms with Crippen molar-refractivity contribution >= 4 is 22.8 Å². The first-order valence-corrected chi connectivity index (χ1v) is 6.93. The molecule has 0 unspecified atom stereocenters. The average molecular weight is 328 g/mol. The Balaban J connectivity index is 0.000000331. The highest BCUT2D eigenvalue weighted by Gasteiger charge is 2.05. The number of rotatable bonds is 2. The Morgan fingerprint density at radius 2 is 1.63 bits per heavy atom. The molecule has 1 saturated heterocycles. The summed E-state index contributed by atoms with van der Waals surface area (Å²) < 4.78 is 0. The quantitative estimate of drug-likeness (QED) is 0.756. The molecule has 3 heteroatoms. The summed E-state index contributed by atoms with van der Waals surface area (Å²) in [5.74, 6) is 0.125. The molecule has 0 aromatic heterocycles. The van der Waals surface area contributed by atoms with E-state index in [4.69, 9.17) is 0 Å². The van der Waals surface area contributed by atoms with Crippen molar-refractivity contribution in [2.45, 2.75) is 40.0 Å². The van der Waals surface area contributed by atoms with E-state index in [9.17, 15) is 4.79 Å². The van der Waals surface area contributed by atoms with Crippen LogP contribution in [0.3, 0.4) is 0 Å². The molecule has 1 aromatic rings. The molecule has 2 rings (SSSR count). The molecule has 0 atom stereocenters. The lowest BCUT2D eigenvalue weighted by atomic mass is 10.1. The summed E-state index contributed by atoms with van der Waals surface area (Å²) in [4.78, 5) is 13.3. The van der Waals surface area contributed by atoms with Gasteiger partial charge in [-0.05, 0) is 46.3 Å². The van der Waals surface area contributed by atoms with Gasteiger partial charge in [0.1, 0.15) is 0 Å². The number of halogens is 1. The SMILES string of the molecule is Br.CC(=O)c1ccc(C)cc1.CCN1CCCCC1. The van der Waals surface area contributed by atoms with Crippen molar-refractivity contribution in [2.24, 2.45) is 0 Å². The number of carbonyl (C=O) groups is 1. The maximum atomic E-state index is 10.8. The zero-order chi connectivity index (χ0) is 13.4. The van der Waals surface area contributed by atoms with Gasteiger partial charge in [-0.2, -0.15) is 0 Å². The summed E-state index contributed by atoms with van der Waals surface area (Å²) in [6.07, 6.45) is 4.30. The van der Waals surface area contributed by atoms with Crippen molar-refractivity contribution in [3.8, 4) is 0 Å². The Labute approximate surface area is 128 Å². The van der Waals surface area contributed by atoms with E-state index in [0.29, 0.717) is 0 Å². The molecule has 1 aromatic carbocycles. The van der Waals surface area contributed by atoms with Crippen LogP contribution < -0.4 is 0 Å². The number of ketones is 1. The van der Waals surface area contributed by atoms with Gasteiger partial charge in [-0.15, -0.1) is 17.0 Å². The molecule has 0 saturated carbocycles. The average Bonchev–Trinajstić information content (AvgIpc) is 2.41. The van der Waals surface area contributed by atoms with E-state index in [1.165, 1.54) is 44.5 Å². The molecule has 0 aliphatic carbocycles. The van der Waals surface area contributed by atoms with Gasteiger partial charge in [-0.1, -0.05) is 43.2 Å². The van der Waals surface area contributed by atoms with Gasteiger partial charge in [0.15, 0.2) is 5.78 Å². The van der Waals surface area contributed by atoms with Gasteiger partial charge in [-0.3, -0.25) is 4.79 Å². The number of hydrogen-bond acceptors (Lipinski definition) is 2. The largest absolute Gasteiger partial charge is 0.304 e. The minimum atomic E-state index is 0. The van der Waals surface area contributed by atoms with Crippen LogP contribution in [0.2, 0.25) is 0 Å². The zero-order valence-electron chi connectivity index (χ0n) is 12.3. The topological polar surface area (TPSA) is 20.3 Å². The van der Waals surface area contributed by atoms with Crippen LogP contribution in [-0.2, 0) is 0 Å². The fourth-order valence-electron chi connectivity index (χ4n) is 2.06. The molecular weight excluding hydrogens is 302 g/mol. The second kappa shape index (κ2) is 10.2. The maximum Gasteiger partial charge on any atom is 0.159 e. The first-order chi connectivity index (χ1) is 8.63. The van der Waals surface area contributed by atoms with Crippen LogP contribution in [0.4, 0.5) is 0 Å². The zero-order valence-corrected chi connectivity index (χ0v) is 14.0. The van der Waals surface area contributed by atoms with E-state index < -0.39 is 0 Å². The second-order valence-electron chi connectivity index (χ2n) is 4.92. The molecule has 2 nitrogen and oxygen atoms in total. The summed E-state index contributed by atoms with van der Waals surface area (Å²) in [5.41, 5.74) is 1.97. The molecule has 1 heterocycles. The molecule has 19 heavy (non-hydrogen) atoms.